The van der Waals surface area contributed by atoms with E-state index in [2.05, 4.69) is 15.1 Å². The fourth-order valence-electron chi connectivity index (χ4n) is 1.62. The third-order valence-corrected chi connectivity index (χ3v) is 2.47. The van der Waals surface area contributed by atoms with Crippen molar-refractivity contribution in [1.29, 1.82) is 0 Å². The van der Waals surface area contributed by atoms with E-state index in [1.165, 1.54) is 12.8 Å². The number of nitrogens with two attached hydrogens (primary N) is 1. The summed E-state index contributed by atoms with van der Waals surface area (Å²) in [6.45, 7) is 1.83. The minimum Gasteiger partial charge on any atom is -0.368 e. The van der Waals surface area contributed by atoms with E-state index in [-0.39, 0.29) is 0 Å². The number of hydrogen-bond donors (Lipinski definition) is 1. The van der Waals surface area contributed by atoms with Crippen LogP contribution >= 0.6 is 0 Å². The maximum Gasteiger partial charge on any atom is 0.224 e. The van der Waals surface area contributed by atoms with E-state index >= 15 is 0 Å². The van der Waals surface area contributed by atoms with Gasteiger partial charge in [0.15, 0.2) is 5.65 Å². The summed E-state index contributed by atoms with van der Waals surface area (Å²) in [7, 11) is 0. The van der Waals surface area contributed by atoms with Crippen molar-refractivity contribution in [2.24, 2.45) is 0 Å². The van der Waals surface area contributed by atoms with Gasteiger partial charge in [-0.3, -0.25) is 0 Å². The highest BCUT2D eigenvalue weighted by Crippen LogP contribution is 2.39. The summed E-state index contributed by atoms with van der Waals surface area (Å²) >= 11 is 0. The summed E-state index contributed by atoms with van der Waals surface area (Å²) in [6, 6.07) is 2.00. The SMILES string of the molecule is Cc1nc(N)n2nc(C3CC3)cc2n1. The number of nitrogens with zero attached hydrogens (tertiary/aromatic N) is 4. The van der Waals surface area contributed by atoms with Crippen molar-refractivity contribution >= 4 is 11.6 Å². The molecule has 72 valence electrons. The molecule has 0 spiro atoms. The van der Waals surface area contributed by atoms with Gasteiger partial charge in [0.2, 0.25) is 5.95 Å². The van der Waals surface area contributed by atoms with Gasteiger partial charge >= 0.3 is 0 Å². The maximum atomic E-state index is 5.74. The Morgan fingerprint density at radius 3 is 2.93 bits per heavy atom. The molecule has 2 N–H and O–H groups in total. The number of nitrogen functional groups attached to an aromatic ring is 1. The van der Waals surface area contributed by atoms with Gasteiger partial charge in [0, 0.05) is 12.0 Å². The molecule has 0 unspecified atom stereocenters. The molecule has 1 saturated carbocycles. The van der Waals surface area contributed by atoms with Crippen molar-refractivity contribution in [3.63, 3.8) is 0 Å². The average molecular weight is 189 g/mol. The first kappa shape index (κ1) is 7.73. The maximum absolute atomic E-state index is 5.74. The van der Waals surface area contributed by atoms with Crippen LogP contribution in [0.25, 0.3) is 5.65 Å². The molecule has 0 amide bonds. The van der Waals surface area contributed by atoms with E-state index in [4.69, 9.17) is 5.73 Å². The Balaban J connectivity index is 2.26. The molecule has 0 bridgehead atoms. The van der Waals surface area contributed by atoms with Gasteiger partial charge in [0.05, 0.1) is 5.69 Å². The molecule has 5 heteroatoms. The van der Waals surface area contributed by atoms with Crippen LogP contribution in [0.3, 0.4) is 0 Å². The van der Waals surface area contributed by atoms with Gasteiger partial charge in [-0.1, -0.05) is 0 Å². The molecule has 14 heavy (non-hydrogen) atoms. The third-order valence-electron chi connectivity index (χ3n) is 2.47. The van der Waals surface area contributed by atoms with Crippen LogP contribution in [0.1, 0.15) is 30.3 Å². The van der Waals surface area contributed by atoms with Crippen molar-refractivity contribution < 1.29 is 0 Å². The van der Waals surface area contributed by atoms with Gasteiger partial charge in [-0.05, 0) is 19.8 Å². The topological polar surface area (TPSA) is 69.1 Å². The summed E-state index contributed by atoms with van der Waals surface area (Å²) in [5, 5.41) is 4.38. The lowest BCUT2D eigenvalue weighted by Crippen LogP contribution is -2.05. The number of fused-ring (bicyclic) bond motifs is 1. The molecule has 0 saturated heterocycles. The number of aryl methyl sites for hydroxylation is 1. The lowest BCUT2D eigenvalue weighted by atomic mass is 10.3. The van der Waals surface area contributed by atoms with Crippen molar-refractivity contribution in [3.05, 3.63) is 17.6 Å². The summed E-state index contributed by atoms with van der Waals surface area (Å²) in [6.07, 6.45) is 2.46. The fraction of sp³-hybridized carbons (Fsp3) is 0.444. The minimum absolute atomic E-state index is 0.416. The highest BCUT2D eigenvalue weighted by Gasteiger charge is 2.26. The first-order valence-corrected chi connectivity index (χ1v) is 4.74. The number of aromatic nitrogens is 4. The molecule has 1 aliphatic carbocycles. The van der Waals surface area contributed by atoms with Crippen molar-refractivity contribution in [2.45, 2.75) is 25.7 Å². The Bertz CT molecular complexity index is 497. The van der Waals surface area contributed by atoms with Crippen LogP contribution in [0.15, 0.2) is 6.07 Å². The average Bonchev–Trinajstić information content (AvgIpc) is 2.87. The molecule has 5 nitrogen and oxygen atoms in total. The lowest BCUT2D eigenvalue weighted by molar-refractivity contribution is 0.852. The molecule has 0 aliphatic heterocycles. The first-order valence-electron chi connectivity index (χ1n) is 4.74. The number of hydrogen-bond acceptors (Lipinski definition) is 4. The smallest absolute Gasteiger partial charge is 0.224 e. The zero-order chi connectivity index (χ0) is 9.71. The Morgan fingerprint density at radius 1 is 1.43 bits per heavy atom. The second-order valence-electron chi connectivity index (χ2n) is 3.74. The molecule has 0 aromatic carbocycles. The molecule has 0 atom stereocenters. The normalized spacial score (nSPS) is 16.4. The van der Waals surface area contributed by atoms with Gasteiger partial charge in [-0.2, -0.15) is 14.6 Å². The zero-order valence-corrected chi connectivity index (χ0v) is 7.94. The van der Waals surface area contributed by atoms with Crippen LogP contribution < -0.4 is 5.73 Å². The second-order valence-corrected chi connectivity index (χ2v) is 3.74. The summed E-state index contributed by atoms with van der Waals surface area (Å²) in [5.74, 6) is 1.73. The van der Waals surface area contributed by atoms with Crippen molar-refractivity contribution in [3.8, 4) is 0 Å². The van der Waals surface area contributed by atoms with E-state index < -0.39 is 0 Å². The van der Waals surface area contributed by atoms with E-state index in [1.807, 2.05) is 13.0 Å². The van der Waals surface area contributed by atoms with Gasteiger partial charge < -0.3 is 5.73 Å². The van der Waals surface area contributed by atoms with Gasteiger partial charge in [0.25, 0.3) is 0 Å². The predicted molar refractivity (Wildman–Crippen MR) is 51.9 cm³/mol. The highest BCUT2D eigenvalue weighted by molar-refractivity contribution is 5.45. The Labute approximate surface area is 81.0 Å². The van der Waals surface area contributed by atoms with E-state index in [0.717, 1.165) is 11.3 Å². The molecule has 2 aromatic heterocycles. The van der Waals surface area contributed by atoms with Crippen LogP contribution in [0.2, 0.25) is 0 Å². The lowest BCUT2D eigenvalue weighted by Gasteiger charge is -1.97. The van der Waals surface area contributed by atoms with E-state index in [0.29, 0.717) is 17.7 Å². The standard InChI is InChI=1S/C9H11N5/c1-5-11-8-4-7(6-2-3-6)13-14(8)9(10)12-5/h4,6H,2-3H2,1H3,(H2,10,11,12). The van der Waals surface area contributed by atoms with E-state index in [1.54, 1.807) is 4.52 Å². The predicted octanol–water partition coefficient (Wildman–Crippen LogP) is 0.892. The van der Waals surface area contributed by atoms with Crippen LogP contribution in [-0.4, -0.2) is 19.6 Å². The van der Waals surface area contributed by atoms with Crippen molar-refractivity contribution in [2.75, 3.05) is 5.73 Å². The Kier molecular flexibility index (Phi) is 1.34. The minimum atomic E-state index is 0.416. The van der Waals surface area contributed by atoms with Crippen LogP contribution in [0, 0.1) is 6.92 Å². The Hall–Kier alpha value is -1.65. The molecule has 3 rings (SSSR count). The van der Waals surface area contributed by atoms with Gasteiger partial charge in [-0.15, -0.1) is 0 Å². The number of rotatable bonds is 1. The number of anilines is 1. The van der Waals surface area contributed by atoms with Crippen LogP contribution in [0.5, 0.6) is 0 Å². The molecule has 1 aliphatic rings. The molecular formula is C9H11N5. The molecule has 0 radical (unpaired) electrons. The fourth-order valence-corrected chi connectivity index (χ4v) is 1.62. The largest absolute Gasteiger partial charge is 0.368 e. The Morgan fingerprint density at radius 2 is 2.21 bits per heavy atom. The molecule has 2 aromatic rings. The summed E-state index contributed by atoms with van der Waals surface area (Å²) in [5.41, 5.74) is 7.64. The monoisotopic (exact) mass is 189 g/mol. The zero-order valence-electron chi connectivity index (χ0n) is 7.94. The van der Waals surface area contributed by atoms with E-state index in [9.17, 15) is 0 Å². The van der Waals surface area contributed by atoms with Crippen LogP contribution in [-0.2, 0) is 0 Å². The van der Waals surface area contributed by atoms with Gasteiger partial charge in [-0.25, -0.2) is 4.98 Å². The molecule has 2 heterocycles. The van der Waals surface area contributed by atoms with Crippen molar-refractivity contribution in [1.82, 2.24) is 19.6 Å². The van der Waals surface area contributed by atoms with Crippen LogP contribution in [0.4, 0.5) is 5.95 Å². The quantitative estimate of drug-likeness (QED) is 0.723. The van der Waals surface area contributed by atoms with Gasteiger partial charge in [0.1, 0.15) is 5.82 Å². The molecular weight excluding hydrogens is 178 g/mol. The third kappa shape index (κ3) is 1.05. The second kappa shape index (κ2) is 2.43. The highest BCUT2D eigenvalue weighted by atomic mass is 15.3. The first-order chi connectivity index (χ1) is 6.74. The molecule has 1 fully saturated rings. The summed E-state index contributed by atoms with van der Waals surface area (Å²) < 4.78 is 1.61. The summed E-state index contributed by atoms with van der Waals surface area (Å²) in [4.78, 5) is 8.34.